The van der Waals surface area contributed by atoms with E-state index in [-0.39, 0.29) is 17.7 Å². The summed E-state index contributed by atoms with van der Waals surface area (Å²) in [4.78, 5) is 10.8. The second-order valence-electron chi connectivity index (χ2n) is 5.27. The summed E-state index contributed by atoms with van der Waals surface area (Å²) in [5.74, 6) is -0.377. The number of rotatable bonds is 5. The number of carboxylic acid groups (broad SMARTS) is 1. The Kier molecular flexibility index (Phi) is 3.60. The van der Waals surface area contributed by atoms with E-state index in [9.17, 15) is 9.18 Å². The van der Waals surface area contributed by atoms with E-state index >= 15 is 0 Å². The second kappa shape index (κ2) is 5.56. The molecule has 0 saturated heterocycles. The molecule has 0 aliphatic heterocycles. The van der Waals surface area contributed by atoms with Crippen molar-refractivity contribution >= 4 is 5.97 Å². The molecule has 4 heteroatoms. The van der Waals surface area contributed by atoms with Crippen molar-refractivity contribution in [2.45, 2.75) is 18.9 Å². The molecule has 2 aromatic carbocycles. The summed E-state index contributed by atoms with van der Waals surface area (Å²) in [5.41, 5.74) is 1.94. The average Bonchev–Trinajstić information content (AvgIpc) is 3.28. The second-order valence-corrected chi connectivity index (χ2v) is 5.27. The molecule has 0 radical (unpaired) electrons. The number of hydrogen-bond acceptors (Lipinski definition) is 2. The topological polar surface area (TPSA) is 46.5 Å². The van der Waals surface area contributed by atoms with Gasteiger partial charge in [-0.1, -0.05) is 24.3 Å². The van der Waals surface area contributed by atoms with Crippen LogP contribution in [-0.4, -0.2) is 11.1 Å². The fourth-order valence-corrected chi connectivity index (χ4v) is 2.39. The number of halogens is 1. The number of carbonyl (C=O) groups is 1. The summed E-state index contributed by atoms with van der Waals surface area (Å²) in [5, 5.41) is 8.92. The van der Waals surface area contributed by atoms with Crippen LogP contribution in [0.2, 0.25) is 0 Å². The Labute approximate surface area is 122 Å². The SMILES string of the molecule is O=C(O)C1CC1c1ccc(OCc2ccc(F)cc2)cc1. The normalized spacial score (nSPS) is 20.0. The van der Waals surface area contributed by atoms with Crippen LogP contribution < -0.4 is 4.74 Å². The number of carboxylic acids is 1. The van der Waals surface area contributed by atoms with Crippen molar-refractivity contribution in [3.63, 3.8) is 0 Å². The summed E-state index contributed by atoms with van der Waals surface area (Å²) >= 11 is 0. The van der Waals surface area contributed by atoms with Gasteiger partial charge in [-0.25, -0.2) is 4.39 Å². The fraction of sp³-hybridized carbons (Fsp3) is 0.235. The first kappa shape index (κ1) is 13.6. The molecule has 1 aliphatic rings. The standard InChI is InChI=1S/C17H15FO3/c18-13-5-1-11(2-6-13)10-21-14-7-3-12(4-8-14)15-9-16(15)17(19)20/h1-8,15-16H,9-10H2,(H,19,20). The molecule has 2 unspecified atom stereocenters. The Morgan fingerprint density at radius 1 is 1.14 bits per heavy atom. The van der Waals surface area contributed by atoms with Crippen LogP contribution in [0.15, 0.2) is 48.5 Å². The highest BCUT2D eigenvalue weighted by molar-refractivity contribution is 5.75. The molecule has 0 bridgehead atoms. The van der Waals surface area contributed by atoms with Crippen LogP contribution in [0.5, 0.6) is 5.75 Å². The third-order valence-corrected chi connectivity index (χ3v) is 3.73. The van der Waals surface area contributed by atoms with Gasteiger partial charge < -0.3 is 9.84 Å². The number of ether oxygens (including phenoxy) is 1. The summed E-state index contributed by atoms with van der Waals surface area (Å²) in [7, 11) is 0. The number of aliphatic carboxylic acids is 1. The van der Waals surface area contributed by atoms with Gasteiger partial charge in [-0.3, -0.25) is 4.79 Å². The maximum absolute atomic E-state index is 12.8. The van der Waals surface area contributed by atoms with Crippen molar-refractivity contribution < 1.29 is 19.0 Å². The van der Waals surface area contributed by atoms with Crippen LogP contribution in [0, 0.1) is 11.7 Å². The molecule has 0 aromatic heterocycles. The monoisotopic (exact) mass is 286 g/mol. The molecule has 1 saturated carbocycles. The quantitative estimate of drug-likeness (QED) is 0.913. The highest BCUT2D eigenvalue weighted by atomic mass is 19.1. The molecule has 1 aliphatic carbocycles. The van der Waals surface area contributed by atoms with Crippen molar-refractivity contribution in [1.82, 2.24) is 0 Å². The van der Waals surface area contributed by atoms with Crippen LogP contribution >= 0.6 is 0 Å². The van der Waals surface area contributed by atoms with Crippen LogP contribution in [0.25, 0.3) is 0 Å². The highest BCUT2D eigenvalue weighted by Crippen LogP contribution is 2.47. The van der Waals surface area contributed by atoms with Gasteiger partial charge in [0, 0.05) is 0 Å². The Hall–Kier alpha value is -2.36. The van der Waals surface area contributed by atoms with Gasteiger partial charge in [0.2, 0.25) is 0 Å². The van der Waals surface area contributed by atoms with Crippen LogP contribution in [0.3, 0.4) is 0 Å². The van der Waals surface area contributed by atoms with Gasteiger partial charge in [-0.2, -0.15) is 0 Å². The van der Waals surface area contributed by atoms with E-state index in [0.29, 0.717) is 13.0 Å². The van der Waals surface area contributed by atoms with Gasteiger partial charge in [0.15, 0.2) is 0 Å². The summed E-state index contributed by atoms with van der Waals surface area (Å²) < 4.78 is 18.4. The lowest BCUT2D eigenvalue weighted by Crippen LogP contribution is -1.99. The smallest absolute Gasteiger partial charge is 0.307 e. The van der Waals surface area contributed by atoms with Crippen molar-refractivity contribution in [2.75, 3.05) is 0 Å². The molecule has 0 spiro atoms. The lowest BCUT2D eigenvalue weighted by atomic mass is 10.1. The van der Waals surface area contributed by atoms with E-state index < -0.39 is 5.97 Å². The molecular formula is C17H15FO3. The zero-order valence-corrected chi connectivity index (χ0v) is 11.3. The Morgan fingerprint density at radius 3 is 2.38 bits per heavy atom. The van der Waals surface area contributed by atoms with Gasteiger partial charge in [0.1, 0.15) is 18.2 Å². The first-order valence-electron chi connectivity index (χ1n) is 6.83. The van der Waals surface area contributed by atoms with E-state index in [1.54, 1.807) is 12.1 Å². The Bertz CT molecular complexity index is 634. The van der Waals surface area contributed by atoms with Crippen LogP contribution in [0.1, 0.15) is 23.5 Å². The largest absolute Gasteiger partial charge is 0.489 e. The van der Waals surface area contributed by atoms with Gasteiger partial charge in [0.25, 0.3) is 0 Å². The maximum atomic E-state index is 12.8. The Morgan fingerprint density at radius 2 is 1.81 bits per heavy atom. The molecule has 21 heavy (non-hydrogen) atoms. The third-order valence-electron chi connectivity index (χ3n) is 3.73. The first-order valence-corrected chi connectivity index (χ1v) is 6.83. The van der Waals surface area contributed by atoms with E-state index in [0.717, 1.165) is 16.9 Å². The van der Waals surface area contributed by atoms with Crippen molar-refractivity contribution in [1.29, 1.82) is 0 Å². The number of hydrogen-bond donors (Lipinski definition) is 1. The van der Waals surface area contributed by atoms with E-state index in [1.807, 2.05) is 24.3 Å². The lowest BCUT2D eigenvalue weighted by molar-refractivity contribution is -0.138. The van der Waals surface area contributed by atoms with Gasteiger partial charge in [0.05, 0.1) is 5.92 Å². The minimum atomic E-state index is -0.725. The molecule has 3 nitrogen and oxygen atoms in total. The zero-order chi connectivity index (χ0) is 14.8. The molecule has 3 rings (SSSR count). The molecule has 2 atom stereocenters. The molecule has 108 valence electrons. The molecular weight excluding hydrogens is 271 g/mol. The van der Waals surface area contributed by atoms with Crippen molar-refractivity contribution in [3.8, 4) is 5.75 Å². The minimum absolute atomic E-state index is 0.133. The summed E-state index contributed by atoms with van der Waals surface area (Å²) in [6.07, 6.45) is 0.713. The molecule has 0 amide bonds. The molecule has 2 aromatic rings. The first-order chi connectivity index (χ1) is 10.1. The number of benzene rings is 2. The van der Waals surface area contributed by atoms with E-state index in [2.05, 4.69) is 0 Å². The van der Waals surface area contributed by atoms with Gasteiger partial charge in [-0.15, -0.1) is 0 Å². The van der Waals surface area contributed by atoms with Crippen LogP contribution in [0.4, 0.5) is 4.39 Å². The molecule has 1 N–H and O–H groups in total. The Balaban J connectivity index is 1.57. The summed E-state index contributed by atoms with van der Waals surface area (Å²) in [6, 6.07) is 13.7. The van der Waals surface area contributed by atoms with Gasteiger partial charge in [-0.05, 0) is 47.7 Å². The summed E-state index contributed by atoms with van der Waals surface area (Å²) in [6.45, 7) is 0.376. The molecule has 1 fully saturated rings. The van der Waals surface area contributed by atoms with Gasteiger partial charge >= 0.3 is 5.97 Å². The average molecular weight is 286 g/mol. The van der Waals surface area contributed by atoms with Crippen molar-refractivity contribution in [2.24, 2.45) is 5.92 Å². The predicted molar refractivity (Wildman–Crippen MR) is 75.7 cm³/mol. The highest BCUT2D eigenvalue weighted by Gasteiger charge is 2.43. The predicted octanol–water partition coefficient (Wildman–Crippen LogP) is 3.59. The minimum Gasteiger partial charge on any atom is -0.489 e. The molecule has 0 heterocycles. The van der Waals surface area contributed by atoms with Crippen molar-refractivity contribution in [3.05, 3.63) is 65.5 Å². The third kappa shape index (κ3) is 3.21. The maximum Gasteiger partial charge on any atom is 0.307 e. The zero-order valence-electron chi connectivity index (χ0n) is 11.3. The fourth-order valence-electron chi connectivity index (χ4n) is 2.39. The van der Waals surface area contributed by atoms with E-state index in [4.69, 9.17) is 9.84 Å². The lowest BCUT2D eigenvalue weighted by Gasteiger charge is -2.07. The van der Waals surface area contributed by atoms with E-state index in [1.165, 1.54) is 12.1 Å². The van der Waals surface area contributed by atoms with Crippen LogP contribution in [-0.2, 0) is 11.4 Å².